The summed E-state index contributed by atoms with van der Waals surface area (Å²) in [6.07, 6.45) is 1.69. The molecule has 0 atom stereocenters. The molecule has 1 aromatic carbocycles. The van der Waals surface area contributed by atoms with Crippen LogP contribution in [0.3, 0.4) is 0 Å². The first-order valence-electron chi connectivity index (χ1n) is 4.94. The van der Waals surface area contributed by atoms with Crippen molar-refractivity contribution in [1.82, 2.24) is 4.98 Å². The van der Waals surface area contributed by atoms with E-state index in [-0.39, 0.29) is 5.82 Å². The quantitative estimate of drug-likeness (QED) is 0.784. The van der Waals surface area contributed by atoms with Crippen LogP contribution in [-0.4, -0.2) is 4.98 Å². The maximum absolute atomic E-state index is 9.12. The molecule has 16 heavy (non-hydrogen) atoms. The first kappa shape index (κ1) is 10.2. The van der Waals surface area contributed by atoms with Crippen molar-refractivity contribution < 1.29 is 0 Å². The molecule has 78 valence electrons. The lowest BCUT2D eigenvalue weighted by molar-refractivity contribution is 1.26. The number of rotatable bonds is 1. The Kier molecular flexibility index (Phi) is 2.57. The topological polar surface area (TPSA) is 62.7 Å². The Balaban J connectivity index is 2.75. The number of pyridine rings is 1. The summed E-state index contributed by atoms with van der Waals surface area (Å²) in [5.74, 6) is 0.284. The highest BCUT2D eigenvalue weighted by Gasteiger charge is 2.11. The van der Waals surface area contributed by atoms with E-state index in [1.807, 2.05) is 37.3 Å². The minimum absolute atomic E-state index is 0.284. The van der Waals surface area contributed by atoms with Crippen molar-refractivity contribution in [2.45, 2.75) is 6.92 Å². The fourth-order valence-electron chi connectivity index (χ4n) is 1.71. The molecule has 0 saturated carbocycles. The third kappa shape index (κ3) is 1.61. The van der Waals surface area contributed by atoms with Crippen LogP contribution in [0.1, 0.15) is 11.1 Å². The molecule has 0 spiro atoms. The number of anilines is 1. The van der Waals surface area contributed by atoms with Crippen molar-refractivity contribution in [3.05, 3.63) is 47.7 Å². The molecule has 0 radical (unpaired) electrons. The standard InChI is InChI=1S/C13H11N3/c1-9-8-16-13(15)11(7-14)12(9)10-5-3-2-4-6-10/h2-6,8H,1H3,(H2,15,16). The number of aryl methyl sites for hydroxylation is 1. The third-order valence-corrected chi connectivity index (χ3v) is 2.47. The zero-order valence-corrected chi connectivity index (χ0v) is 8.94. The number of benzene rings is 1. The number of hydrogen-bond acceptors (Lipinski definition) is 3. The molecule has 1 heterocycles. The molecule has 0 unspecified atom stereocenters. The Morgan fingerprint density at radius 1 is 1.25 bits per heavy atom. The Hall–Kier alpha value is -2.34. The van der Waals surface area contributed by atoms with E-state index < -0.39 is 0 Å². The van der Waals surface area contributed by atoms with Gasteiger partial charge in [0.05, 0.1) is 0 Å². The van der Waals surface area contributed by atoms with E-state index in [9.17, 15) is 0 Å². The first-order chi connectivity index (χ1) is 7.74. The summed E-state index contributed by atoms with van der Waals surface area (Å²) < 4.78 is 0. The van der Waals surface area contributed by atoms with E-state index in [2.05, 4.69) is 11.1 Å². The molecule has 0 aliphatic heterocycles. The maximum Gasteiger partial charge on any atom is 0.141 e. The molecule has 3 nitrogen and oxygen atoms in total. The summed E-state index contributed by atoms with van der Waals surface area (Å²) in [7, 11) is 0. The van der Waals surface area contributed by atoms with Gasteiger partial charge in [-0.2, -0.15) is 5.26 Å². The number of nitriles is 1. The smallest absolute Gasteiger partial charge is 0.141 e. The second-order valence-corrected chi connectivity index (χ2v) is 3.55. The number of nitrogens with zero attached hydrogens (tertiary/aromatic N) is 2. The number of hydrogen-bond donors (Lipinski definition) is 1. The van der Waals surface area contributed by atoms with Crippen LogP contribution in [0.4, 0.5) is 5.82 Å². The van der Waals surface area contributed by atoms with Crippen LogP contribution in [0.25, 0.3) is 11.1 Å². The number of nitrogen functional groups attached to an aromatic ring is 1. The van der Waals surface area contributed by atoms with Crippen LogP contribution >= 0.6 is 0 Å². The van der Waals surface area contributed by atoms with Crippen LogP contribution in [0.5, 0.6) is 0 Å². The normalized spacial score (nSPS) is 9.75. The third-order valence-electron chi connectivity index (χ3n) is 2.47. The largest absolute Gasteiger partial charge is 0.383 e. The molecule has 0 bridgehead atoms. The lowest BCUT2D eigenvalue weighted by Crippen LogP contribution is -1.99. The van der Waals surface area contributed by atoms with Gasteiger partial charge in [0.15, 0.2) is 0 Å². The molecule has 2 aromatic rings. The van der Waals surface area contributed by atoms with Crippen LogP contribution < -0.4 is 5.73 Å². The summed E-state index contributed by atoms with van der Waals surface area (Å²) in [6, 6.07) is 11.9. The monoisotopic (exact) mass is 209 g/mol. The molecule has 0 aliphatic rings. The molecule has 0 aliphatic carbocycles. The van der Waals surface area contributed by atoms with Gasteiger partial charge < -0.3 is 5.73 Å². The van der Waals surface area contributed by atoms with Crippen molar-refractivity contribution >= 4 is 5.82 Å². The van der Waals surface area contributed by atoms with Crippen molar-refractivity contribution in [2.75, 3.05) is 5.73 Å². The second kappa shape index (κ2) is 4.03. The fourth-order valence-corrected chi connectivity index (χ4v) is 1.71. The van der Waals surface area contributed by atoms with Crippen LogP contribution in [0.2, 0.25) is 0 Å². The predicted molar refractivity (Wildman–Crippen MR) is 63.5 cm³/mol. The summed E-state index contributed by atoms with van der Waals surface area (Å²) >= 11 is 0. The van der Waals surface area contributed by atoms with Gasteiger partial charge in [0.25, 0.3) is 0 Å². The number of aromatic nitrogens is 1. The summed E-state index contributed by atoms with van der Waals surface area (Å²) in [5, 5.41) is 9.12. The molecule has 0 saturated heterocycles. The molecule has 1 aromatic heterocycles. The zero-order chi connectivity index (χ0) is 11.5. The van der Waals surface area contributed by atoms with Crippen LogP contribution in [0, 0.1) is 18.3 Å². The van der Waals surface area contributed by atoms with Gasteiger partial charge in [-0.3, -0.25) is 0 Å². The summed E-state index contributed by atoms with van der Waals surface area (Å²) in [5.41, 5.74) is 8.97. The Bertz CT molecular complexity index is 553. The van der Waals surface area contributed by atoms with E-state index >= 15 is 0 Å². The van der Waals surface area contributed by atoms with E-state index in [1.165, 1.54) is 0 Å². The average Bonchev–Trinajstić information content (AvgIpc) is 2.33. The average molecular weight is 209 g/mol. The van der Waals surface area contributed by atoms with Gasteiger partial charge in [0.2, 0.25) is 0 Å². The Labute approximate surface area is 94.2 Å². The summed E-state index contributed by atoms with van der Waals surface area (Å²) in [6.45, 7) is 1.93. The lowest BCUT2D eigenvalue weighted by Gasteiger charge is -2.09. The van der Waals surface area contributed by atoms with Gasteiger partial charge in [-0.05, 0) is 18.1 Å². The van der Waals surface area contributed by atoms with Crippen molar-refractivity contribution in [3.63, 3.8) is 0 Å². The van der Waals surface area contributed by atoms with Crippen LogP contribution in [0.15, 0.2) is 36.5 Å². The molecule has 2 rings (SSSR count). The van der Waals surface area contributed by atoms with Crippen LogP contribution in [-0.2, 0) is 0 Å². The van der Waals surface area contributed by atoms with Crippen molar-refractivity contribution in [1.29, 1.82) is 5.26 Å². The highest BCUT2D eigenvalue weighted by Crippen LogP contribution is 2.28. The van der Waals surface area contributed by atoms with Crippen molar-refractivity contribution in [2.24, 2.45) is 0 Å². The van der Waals surface area contributed by atoms with E-state index in [1.54, 1.807) is 6.20 Å². The lowest BCUT2D eigenvalue weighted by atomic mass is 9.97. The van der Waals surface area contributed by atoms with Gasteiger partial charge in [-0.15, -0.1) is 0 Å². The zero-order valence-electron chi connectivity index (χ0n) is 8.94. The van der Waals surface area contributed by atoms with Gasteiger partial charge in [0, 0.05) is 11.8 Å². The highest BCUT2D eigenvalue weighted by molar-refractivity contribution is 5.77. The van der Waals surface area contributed by atoms with Crippen molar-refractivity contribution in [3.8, 4) is 17.2 Å². The molecule has 0 amide bonds. The Morgan fingerprint density at radius 2 is 1.94 bits per heavy atom. The fraction of sp³-hybridized carbons (Fsp3) is 0.0769. The molecular weight excluding hydrogens is 198 g/mol. The Morgan fingerprint density at radius 3 is 2.56 bits per heavy atom. The van der Waals surface area contributed by atoms with Gasteiger partial charge in [-0.25, -0.2) is 4.98 Å². The van der Waals surface area contributed by atoms with Gasteiger partial charge >= 0.3 is 0 Å². The highest BCUT2D eigenvalue weighted by atomic mass is 14.8. The molecular formula is C13H11N3. The van der Waals surface area contributed by atoms with Gasteiger partial charge in [-0.1, -0.05) is 30.3 Å². The molecule has 2 N–H and O–H groups in total. The van der Waals surface area contributed by atoms with E-state index in [0.717, 1.165) is 16.7 Å². The minimum atomic E-state index is 0.284. The number of nitrogens with two attached hydrogens (primary N) is 1. The first-order valence-corrected chi connectivity index (χ1v) is 4.94. The molecule has 0 fully saturated rings. The maximum atomic E-state index is 9.12. The predicted octanol–water partition coefficient (Wildman–Crippen LogP) is 2.51. The van der Waals surface area contributed by atoms with E-state index in [0.29, 0.717) is 5.56 Å². The van der Waals surface area contributed by atoms with E-state index in [4.69, 9.17) is 11.0 Å². The SMILES string of the molecule is Cc1cnc(N)c(C#N)c1-c1ccccc1. The second-order valence-electron chi connectivity index (χ2n) is 3.55. The minimum Gasteiger partial charge on any atom is -0.383 e. The van der Waals surface area contributed by atoms with Gasteiger partial charge in [0.1, 0.15) is 17.5 Å². The summed E-state index contributed by atoms with van der Waals surface area (Å²) in [4.78, 5) is 3.99. The molecule has 3 heteroatoms.